The quantitative estimate of drug-likeness (QED) is 0.699. The van der Waals surface area contributed by atoms with Crippen LogP contribution in [0.5, 0.6) is 0 Å². The maximum atomic E-state index is 11.0. The zero-order chi connectivity index (χ0) is 11.5. The Hall–Kier alpha value is -1.47. The molecule has 0 bridgehead atoms. The number of carboxylic acids is 1. The van der Waals surface area contributed by atoms with E-state index < -0.39 is 12.0 Å². The van der Waals surface area contributed by atoms with Crippen LogP contribution in [0.2, 0.25) is 0 Å². The van der Waals surface area contributed by atoms with E-state index >= 15 is 0 Å². The van der Waals surface area contributed by atoms with Crippen LogP contribution in [0.25, 0.3) is 0 Å². The van der Waals surface area contributed by atoms with Gasteiger partial charge in [-0.15, -0.1) is 0 Å². The first-order valence-corrected chi connectivity index (χ1v) is 5.13. The fourth-order valence-electron chi connectivity index (χ4n) is 1.76. The van der Waals surface area contributed by atoms with Gasteiger partial charge in [-0.1, -0.05) is 5.16 Å². The Labute approximate surface area is 92.4 Å². The van der Waals surface area contributed by atoms with E-state index in [1.54, 1.807) is 6.92 Å². The molecule has 88 valence electrons. The van der Waals surface area contributed by atoms with E-state index in [4.69, 9.17) is 9.63 Å². The van der Waals surface area contributed by atoms with Crippen LogP contribution >= 0.6 is 0 Å². The molecule has 0 aliphatic carbocycles. The second-order valence-electron chi connectivity index (χ2n) is 3.76. The molecule has 1 aromatic rings. The topological polar surface area (TPSA) is 91.5 Å². The van der Waals surface area contributed by atoms with Gasteiger partial charge in [-0.05, 0) is 6.92 Å². The molecule has 1 unspecified atom stereocenters. The monoisotopic (exact) mass is 226 g/mol. The molecule has 7 nitrogen and oxygen atoms in total. The predicted octanol–water partition coefficient (Wildman–Crippen LogP) is -0.764. The van der Waals surface area contributed by atoms with E-state index in [0.29, 0.717) is 31.3 Å². The lowest BCUT2D eigenvalue weighted by Crippen LogP contribution is -2.54. The number of hydrogen-bond acceptors (Lipinski definition) is 6. The van der Waals surface area contributed by atoms with Gasteiger partial charge < -0.3 is 14.9 Å². The number of carboxylic acid groups (broad SMARTS) is 1. The number of hydrogen-bond donors (Lipinski definition) is 2. The second kappa shape index (κ2) is 4.58. The maximum Gasteiger partial charge on any atom is 0.322 e. The van der Waals surface area contributed by atoms with E-state index in [9.17, 15) is 4.79 Å². The molecule has 0 aromatic carbocycles. The van der Waals surface area contributed by atoms with Crippen molar-refractivity contribution in [1.29, 1.82) is 0 Å². The number of rotatable bonds is 3. The minimum Gasteiger partial charge on any atom is -0.480 e. The summed E-state index contributed by atoms with van der Waals surface area (Å²) in [5.41, 5.74) is 0. The first-order valence-electron chi connectivity index (χ1n) is 5.13. The molecule has 1 saturated heterocycles. The Morgan fingerprint density at radius 1 is 1.75 bits per heavy atom. The van der Waals surface area contributed by atoms with Crippen LogP contribution in [0.15, 0.2) is 4.52 Å². The first kappa shape index (κ1) is 11.0. The summed E-state index contributed by atoms with van der Waals surface area (Å²) in [5.74, 6) is 0.200. The van der Waals surface area contributed by atoms with Crippen molar-refractivity contribution in [2.75, 3.05) is 19.6 Å². The zero-order valence-electron chi connectivity index (χ0n) is 9.01. The van der Waals surface area contributed by atoms with Crippen molar-refractivity contribution in [3.63, 3.8) is 0 Å². The van der Waals surface area contributed by atoms with Crippen LogP contribution in [-0.2, 0) is 11.3 Å². The van der Waals surface area contributed by atoms with Crippen molar-refractivity contribution in [3.8, 4) is 0 Å². The molecule has 16 heavy (non-hydrogen) atoms. The molecular weight excluding hydrogens is 212 g/mol. The summed E-state index contributed by atoms with van der Waals surface area (Å²) in [4.78, 5) is 16.9. The summed E-state index contributed by atoms with van der Waals surface area (Å²) in [6.45, 7) is 4.01. The van der Waals surface area contributed by atoms with Crippen molar-refractivity contribution in [2.24, 2.45) is 0 Å². The number of aromatic nitrogens is 2. The summed E-state index contributed by atoms with van der Waals surface area (Å²) in [6.07, 6.45) is 0. The lowest BCUT2D eigenvalue weighted by atomic mass is 10.2. The van der Waals surface area contributed by atoms with Crippen molar-refractivity contribution in [2.45, 2.75) is 19.5 Å². The second-order valence-corrected chi connectivity index (χ2v) is 3.76. The van der Waals surface area contributed by atoms with Gasteiger partial charge in [-0.2, -0.15) is 4.98 Å². The van der Waals surface area contributed by atoms with Crippen molar-refractivity contribution >= 4 is 5.97 Å². The third kappa shape index (κ3) is 2.37. The third-order valence-electron chi connectivity index (χ3n) is 2.55. The van der Waals surface area contributed by atoms with Crippen LogP contribution in [0.1, 0.15) is 11.7 Å². The molecule has 0 radical (unpaired) electrons. The van der Waals surface area contributed by atoms with Crippen molar-refractivity contribution in [3.05, 3.63) is 11.7 Å². The van der Waals surface area contributed by atoms with Crippen LogP contribution in [-0.4, -0.2) is 51.8 Å². The highest BCUT2D eigenvalue weighted by Crippen LogP contribution is 2.09. The predicted molar refractivity (Wildman–Crippen MR) is 53.7 cm³/mol. The summed E-state index contributed by atoms with van der Waals surface area (Å²) < 4.78 is 4.98. The molecule has 0 spiro atoms. The van der Waals surface area contributed by atoms with E-state index in [1.807, 2.05) is 4.90 Å². The summed E-state index contributed by atoms with van der Waals surface area (Å²) >= 11 is 0. The van der Waals surface area contributed by atoms with Gasteiger partial charge >= 0.3 is 5.97 Å². The maximum absolute atomic E-state index is 11.0. The smallest absolute Gasteiger partial charge is 0.322 e. The van der Waals surface area contributed by atoms with E-state index in [0.717, 1.165) is 6.54 Å². The zero-order valence-corrected chi connectivity index (χ0v) is 9.01. The molecule has 1 aromatic heterocycles. The minimum absolute atomic E-state index is 0.388. The molecule has 1 atom stereocenters. The molecule has 1 aliphatic heterocycles. The van der Waals surface area contributed by atoms with Gasteiger partial charge in [0, 0.05) is 19.6 Å². The van der Waals surface area contributed by atoms with Crippen LogP contribution in [0.4, 0.5) is 0 Å². The average Bonchev–Trinajstić information content (AvgIpc) is 2.64. The Morgan fingerprint density at radius 2 is 2.56 bits per heavy atom. The Kier molecular flexibility index (Phi) is 3.16. The fourth-order valence-corrected chi connectivity index (χ4v) is 1.76. The third-order valence-corrected chi connectivity index (χ3v) is 2.55. The average molecular weight is 226 g/mol. The highest BCUT2D eigenvalue weighted by molar-refractivity contribution is 5.73. The van der Waals surface area contributed by atoms with Gasteiger partial charge in [-0.3, -0.25) is 9.69 Å². The van der Waals surface area contributed by atoms with E-state index in [-0.39, 0.29) is 0 Å². The molecule has 2 N–H and O–H groups in total. The van der Waals surface area contributed by atoms with E-state index in [2.05, 4.69) is 15.5 Å². The molecule has 0 saturated carbocycles. The van der Waals surface area contributed by atoms with Crippen molar-refractivity contribution < 1.29 is 14.4 Å². The van der Waals surface area contributed by atoms with Gasteiger partial charge in [0.2, 0.25) is 5.89 Å². The van der Waals surface area contributed by atoms with Gasteiger partial charge in [0.1, 0.15) is 6.04 Å². The largest absolute Gasteiger partial charge is 0.480 e. The lowest BCUT2D eigenvalue weighted by molar-refractivity contribution is -0.144. The van der Waals surface area contributed by atoms with Gasteiger partial charge in [0.15, 0.2) is 5.82 Å². The normalized spacial score (nSPS) is 22.2. The molecule has 7 heteroatoms. The Balaban J connectivity index is 2.03. The molecule has 1 fully saturated rings. The lowest BCUT2D eigenvalue weighted by Gasteiger charge is -2.32. The van der Waals surface area contributed by atoms with Crippen LogP contribution in [0.3, 0.4) is 0 Å². The summed E-state index contributed by atoms with van der Waals surface area (Å²) in [7, 11) is 0. The first-order chi connectivity index (χ1) is 7.66. The number of piperazine rings is 1. The minimum atomic E-state index is -0.830. The highest BCUT2D eigenvalue weighted by atomic mass is 16.5. The van der Waals surface area contributed by atoms with E-state index in [1.165, 1.54) is 0 Å². The van der Waals surface area contributed by atoms with Gasteiger partial charge in [0.25, 0.3) is 0 Å². The SMILES string of the molecule is Cc1noc(CN2CCNCC2C(=O)O)n1. The van der Waals surface area contributed by atoms with Crippen LogP contribution in [0, 0.1) is 6.92 Å². The number of nitrogens with one attached hydrogen (secondary N) is 1. The molecule has 2 heterocycles. The fraction of sp³-hybridized carbons (Fsp3) is 0.667. The molecular formula is C9H14N4O3. The van der Waals surface area contributed by atoms with Crippen molar-refractivity contribution in [1.82, 2.24) is 20.4 Å². The Bertz CT molecular complexity index is 379. The highest BCUT2D eigenvalue weighted by Gasteiger charge is 2.29. The number of aliphatic carboxylic acids is 1. The van der Waals surface area contributed by atoms with Gasteiger partial charge in [-0.25, -0.2) is 0 Å². The summed E-state index contributed by atoms with van der Waals surface area (Å²) in [5, 5.41) is 15.8. The van der Waals surface area contributed by atoms with Gasteiger partial charge in [0.05, 0.1) is 6.54 Å². The Morgan fingerprint density at radius 3 is 3.19 bits per heavy atom. The standard InChI is InChI=1S/C9H14N4O3/c1-6-11-8(16-12-6)5-13-3-2-10-4-7(13)9(14)15/h7,10H,2-5H2,1H3,(H,14,15). The molecule has 0 amide bonds. The molecule has 2 rings (SSSR count). The molecule has 1 aliphatic rings. The summed E-state index contributed by atoms with van der Waals surface area (Å²) in [6, 6.07) is -0.527. The number of carbonyl (C=O) groups is 1. The number of nitrogens with zero attached hydrogens (tertiary/aromatic N) is 3. The number of aryl methyl sites for hydroxylation is 1. The van der Waals surface area contributed by atoms with Crippen LogP contribution < -0.4 is 5.32 Å².